The number of aliphatic hydroxyl groups excluding tert-OH is 1. The van der Waals surface area contributed by atoms with Crippen LogP contribution in [-0.4, -0.2) is 5.11 Å². The van der Waals surface area contributed by atoms with E-state index in [1.54, 1.807) is 0 Å². The summed E-state index contributed by atoms with van der Waals surface area (Å²) < 4.78 is 5.88. The molecule has 2 aromatic rings. The van der Waals surface area contributed by atoms with Crippen LogP contribution in [0.3, 0.4) is 0 Å². The molecule has 0 heterocycles. The number of aliphatic hydroxyl groups is 1. The van der Waals surface area contributed by atoms with E-state index in [9.17, 15) is 5.11 Å². The van der Waals surface area contributed by atoms with E-state index in [0.717, 1.165) is 22.4 Å². The summed E-state index contributed by atoms with van der Waals surface area (Å²) in [5, 5.41) is 9.34. The Morgan fingerprint density at radius 3 is 2.42 bits per heavy atom. The molecule has 2 aromatic carbocycles. The number of benzene rings is 2. The lowest BCUT2D eigenvalue weighted by Crippen LogP contribution is -2.01. The molecule has 2 heteroatoms. The molecule has 19 heavy (non-hydrogen) atoms. The summed E-state index contributed by atoms with van der Waals surface area (Å²) in [4.78, 5) is 0. The van der Waals surface area contributed by atoms with E-state index < -0.39 is 0 Å². The van der Waals surface area contributed by atoms with Gasteiger partial charge in [-0.1, -0.05) is 36.4 Å². The maximum atomic E-state index is 9.34. The predicted octanol–water partition coefficient (Wildman–Crippen LogP) is 3.68. The molecule has 0 bridgehead atoms. The van der Waals surface area contributed by atoms with Crippen molar-refractivity contribution in [1.29, 1.82) is 0 Å². The van der Waals surface area contributed by atoms with Crippen molar-refractivity contribution in [1.82, 2.24) is 0 Å². The summed E-state index contributed by atoms with van der Waals surface area (Å²) in [7, 11) is 0. The summed E-state index contributed by atoms with van der Waals surface area (Å²) in [5.41, 5.74) is 5.60. The van der Waals surface area contributed by atoms with Crippen LogP contribution >= 0.6 is 0 Å². The summed E-state index contributed by atoms with van der Waals surface area (Å²) in [6.07, 6.45) is 0. The van der Waals surface area contributed by atoms with E-state index in [1.165, 1.54) is 11.1 Å². The zero-order valence-electron chi connectivity index (χ0n) is 11.7. The Hall–Kier alpha value is -1.80. The highest BCUT2D eigenvalue weighted by molar-refractivity contribution is 5.40. The zero-order valence-corrected chi connectivity index (χ0v) is 11.7. The Morgan fingerprint density at radius 2 is 1.74 bits per heavy atom. The van der Waals surface area contributed by atoms with Crippen LogP contribution in [-0.2, 0) is 13.2 Å². The van der Waals surface area contributed by atoms with Crippen LogP contribution < -0.4 is 4.74 Å². The van der Waals surface area contributed by atoms with Gasteiger partial charge in [-0.3, -0.25) is 0 Å². The Balaban J connectivity index is 2.16. The first-order valence-corrected chi connectivity index (χ1v) is 6.50. The van der Waals surface area contributed by atoms with Gasteiger partial charge >= 0.3 is 0 Å². The molecule has 0 amide bonds. The molecule has 1 N–H and O–H groups in total. The number of para-hydroxylation sites is 1. The number of hydrogen-bond donors (Lipinski definition) is 1. The standard InChI is InChI=1S/C17H20O2/c1-12-7-8-15(9-14(12)3)11-19-17-13(2)5-4-6-16(17)10-18/h4-9,18H,10-11H2,1-3H3. The van der Waals surface area contributed by atoms with Gasteiger partial charge in [0.05, 0.1) is 6.61 Å². The third-order valence-corrected chi connectivity index (χ3v) is 3.42. The average molecular weight is 256 g/mol. The molecular weight excluding hydrogens is 236 g/mol. The van der Waals surface area contributed by atoms with Gasteiger partial charge in [0.2, 0.25) is 0 Å². The lowest BCUT2D eigenvalue weighted by molar-refractivity contribution is 0.258. The second-order valence-corrected chi connectivity index (χ2v) is 4.93. The van der Waals surface area contributed by atoms with Crippen molar-refractivity contribution in [2.45, 2.75) is 34.0 Å². The van der Waals surface area contributed by atoms with Gasteiger partial charge in [0.25, 0.3) is 0 Å². The number of ether oxygens (including phenoxy) is 1. The SMILES string of the molecule is Cc1ccc(COc2c(C)cccc2CO)cc1C. The van der Waals surface area contributed by atoms with Crippen molar-refractivity contribution in [2.75, 3.05) is 0 Å². The summed E-state index contributed by atoms with van der Waals surface area (Å²) >= 11 is 0. The molecule has 0 aliphatic rings. The summed E-state index contributed by atoms with van der Waals surface area (Å²) in [5.74, 6) is 0.795. The van der Waals surface area contributed by atoms with Crippen molar-refractivity contribution >= 4 is 0 Å². The van der Waals surface area contributed by atoms with Crippen LogP contribution in [0.15, 0.2) is 36.4 Å². The minimum atomic E-state index is 0.00391. The van der Waals surface area contributed by atoms with Crippen LogP contribution in [0, 0.1) is 20.8 Å². The summed E-state index contributed by atoms with van der Waals surface area (Å²) in [6.45, 7) is 6.73. The molecule has 0 unspecified atom stereocenters. The second-order valence-electron chi connectivity index (χ2n) is 4.93. The first-order chi connectivity index (χ1) is 9.11. The molecule has 0 saturated carbocycles. The van der Waals surface area contributed by atoms with Crippen molar-refractivity contribution in [3.8, 4) is 5.75 Å². The number of aryl methyl sites for hydroxylation is 3. The fraction of sp³-hybridized carbons (Fsp3) is 0.294. The fourth-order valence-electron chi connectivity index (χ4n) is 2.09. The highest BCUT2D eigenvalue weighted by Gasteiger charge is 2.06. The summed E-state index contributed by atoms with van der Waals surface area (Å²) in [6, 6.07) is 12.2. The van der Waals surface area contributed by atoms with E-state index >= 15 is 0 Å². The van der Waals surface area contributed by atoms with Gasteiger partial charge in [0.1, 0.15) is 12.4 Å². The zero-order chi connectivity index (χ0) is 13.8. The lowest BCUT2D eigenvalue weighted by Gasteiger charge is -2.13. The van der Waals surface area contributed by atoms with Crippen LogP contribution in [0.1, 0.15) is 27.8 Å². The lowest BCUT2D eigenvalue weighted by atomic mass is 10.1. The molecule has 2 rings (SSSR count). The third-order valence-electron chi connectivity index (χ3n) is 3.42. The smallest absolute Gasteiger partial charge is 0.128 e. The maximum absolute atomic E-state index is 9.34. The van der Waals surface area contributed by atoms with E-state index in [-0.39, 0.29) is 6.61 Å². The van der Waals surface area contributed by atoms with Gasteiger partial charge in [-0.15, -0.1) is 0 Å². The van der Waals surface area contributed by atoms with E-state index in [2.05, 4.69) is 32.0 Å². The molecule has 0 radical (unpaired) electrons. The first kappa shape index (κ1) is 13.6. The van der Waals surface area contributed by atoms with Gasteiger partial charge in [0, 0.05) is 5.56 Å². The molecular formula is C17H20O2. The monoisotopic (exact) mass is 256 g/mol. The molecule has 2 nitrogen and oxygen atoms in total. The minimum absolute atomic E-state index is 0.00391. The van der Waals surface area contributed by atoms with E-state index in [0.29, 0.717) is 6.61 Å². The molecule has 0 aromatic heterocycles. The molecule has 0 atom stereocenters. The largest absolute Gasteiger partial charge is 0.488 e. The number of rotatable bonds is 4. The van der Waals surface area contributed by atoms with E-state index in [4.69, 9.17) is 4.74 Å². The van der Waals surface area contributed by atoms with Crippen LogP contribution in [0.25, 0.3) is 0 Å². The molecule has 100 valence electrons. The normalized spacial score (nSPS) is 10.5. The molecule has 0 spiro atoms. The quantitative estimate of drug-likeness (QED) is 0.904. The van der Waals surface area contributed by atoms with Crippen molar-refractivity contribution in [2.24, 2.45) is 0 Å². The highest BCUT2D eigenvalue weighted by atomic mass is 16.5. The molecule has 0 fully saturated rings. The van der Waals surface area contributed by atoms with Gasteiger partial charge in [-0.25, -0.2) is 0 Å². The predicted molar refractivity (Wildman–Crippen MR) is 77.3 cm³/mol. The topological polar surface area (TPSA) is 29.5 Å². The van der Waals surface area contributed by atoms with Gasteiger partial charge in [0.15, 0.2) is 0 Å². The van der Waals surface area contributed by atoms with Crippen molar-refractivity contribution in [3.63, 3.8) is 0 Å². The highest BCUT2D eigenvalue weighted by Crippen LogP contribution is 2.24. The maximum Gasteiger partial charge on any atom is 0.128 e. The average Bonchev–Trinajstić information content (AvgIpc) is 2.41. The van der Waals surface area contributed by atoms with Gasteiger partial charge in [-0.05, 0) is 43.0 Å². The van der Waals surface area contributed by atoms with Crippen molar-refractivity contribution in [3.05, 3.63) is 64.2 Å². The Labute approximate surface area is 114 Å². The van der Waals surface area contributed by atoms with Gasteiger partial charge in [-0.2, -0.15) is 0 Å². The van der Waals surface area contributed by atoms with Crippen LogP contribution in [0.5, 0.6) is 5.75 Å². The Kier molecular flexibility index (Phi) is 4.23. The molecule has 0 aliphatic carbocycles. The Morgan fingerprint density at radius 1 is 0.947 bits per heavy atom. The molecule has 0 aliphatic heterocycles. The van der Waals surface area contributed by atoms with Crippen LogP contribution in [0.4, 0.5) is 0 Å². The van der Waals surface area contributed by atoms with E-state index in [1.807, 2.05) is 25.1 Å². The first-order valence-electron chi connectivity index (χ1n) is 6.50. The number of hydrogen-bond acceptors (Lipinski definition) is 2. The van der Waals surface area contributed by atoms with Crippen molar-refractivity contribution < 1.29 is 9.84 Å². The Bertz CT molecular complexity index is 573. The van der Waals surface area contributed by atoms with Gasteiger partial charge < -0.3 is 9.84 Å². The third kappa shape index (κ3) is 3.15. The fourth-order valence-corrected chi connectivity index (χ4v) is 2.09. The molecule has 0 saturated heterocycles. The minimum Gasteiger partial charge on any atom is -0.488 e. The van der Waals surface area contributed by atoms with Crippen LogP contribution in [0.2, 0.25) is 0 Å². The second kappa shape index (κ2) is 5.89.